The zero-order valence-electron chi connectivity index (χ0n) is 13.6. The molecule has 1 aromatic rings. The Balaban J connectivity index is 3.13. The van der Waals surface area contributed by atoms with Gasteiger partial charge in [-0.05, 0) is 20.3 Å². The molecule has 5 nitrogen and oxygen atoms in total. The van der Waals surface area contributed by atoms with Crippen molar-refractivity contribution in [1.82, 2.24) is 9.97 Å². The molecule has 0 unspecified atom stereocenters. The average Bonchev–Trinajstić information content (AvgIpc) is 2.32. The highest BCUT2D eigenvalue weighted by Crippen LogP contribution is 2.30. The molecule has 0 amide bonds. The minimum absolute atomic E-state index is 0.149. The van der Waals surface area contributed by atoms with Crippen LogP contribution in [0.5, 0.6) is 5.88 Å². The lowest BCUT2D eigenvalue weighted by Crippen LogP contribution is -2.21. The molecule has 5 heteroatoms. The molecule has 3 N–H and O–H groups in total. The summed E-state index contributed by atoms with van der Waals surface area (Å²) in [5.74, 6) is 1.88. The highest BCUT2D eigenvalue weighted by Gasteiger charge is 2.22. The molecule has 0 atom stereocenters. The number of nitrogens with two attached hydrogens (primary N) is 1. The molecule has 1 heterocycles. The number of nitrogens with zero attached hydrogens (tertiary/aromatic N) is 2. The van der Waals surface area contributed by atoms with Gasteiger partial charge in [-0.15, -0.1) is 0 Å². The van der Waals surface area contributed by atoms with E-state index in [2.05, 4.69) is 56.8 Å². The fraction of sp³-hybridized carbons (Fsp3) is 0.733. The highest BCUT2D eigenvalue weighted by atomic mass is 16.5. The summed E-state index contributed by atoms with van der Waals surface area (Å²) in [5.41, 5.74) is 6.45. The second-order valence-corrected chi connectivity index (χ2v) is 6.37. The number of hydrogen-bond acceptors (Lipinski definition) is 5. The van der Waals surface area contributed by atoms with Crippen molar-refractivity contribution >= 4 is 11.5 Å². The quantitative estimate of drug-likeness (QED) is 0.782. The van der Waals surface area contributed by atoms with E-state index in [1.54, 1.807) is 0 Å². The molecule has 0 aliphatic heterocycles. The summed E-state index contributed by atoms with van der Waals surface area (Å²) in [6.45, 7) is 13.1. The van der Waals surface area contributed by atoms with Gasteiger partial charge < -0.3 is 15.8 Å². The van der Waals surface area contributed by atoms with Crippen LogP contribution in [0.15, 0.2) is 0 Å². The summed E-state index contributed by atoms with van der Waals surface area (Å²) in [7, 11) is 0. The van der Waals surface area contributed by atoms with Crippen LogP contribution in [0.25, 0.3) is 0 Å². The Labute approximate surface area is 122 Å². The molecule has 0 aliphatic rings. The van der Waals surface area contributed by atoms with Gasteiger partial charge in [-0.2, -0.15) is 4.98 Å². The molecule has 0 saturated heterocycles. The maximum atomic E-state index is 6.11. The Morgan fingerprint density at radius 3 is 2.40 bits per heavy atom. The third kappa shape index (κ3) is 4.54. The van der Waals surface area contributed by atoms with Crippen molar-refractivity contribution in [3.8, 4) is 5.88 Å². The number of nitrogen functional groups attached to an aromatic ring is 1. The normalized spacial score (nSPS) is 11.8. The van der Waals surface area contributed by atoms with Crippen LogP contribution in [0.1, 0.15) is 60.2 Å². The zero-order chi connectivity index (χ0) is 15.3. The number of rotatable bonds is 6. The van der Waals surface area contributed by atoms with Crippen molar-refractivity contribution in [1.29, 1.82) is 0 Å². The van der Waals surface area contributed by atoms with Gasteiger partial charge in [-0.1, -0.05) is 34.1 Å². The smallest absolute Gasteiger partial charge is 0.242 e. The average molecular weight is 280 g/mol. The van der Waals surface area contributed by atoms with Crippen LogP contribution in [0.2, 0.25) is 0 Å². The van der Waals surface area contributed by atoms with Gasteiger partial charge in [-0.25, -0.2) is 4.98 Å². The minimum Gasteiger partial charge on any atom is -0.476 e. The first-order chi connectivity index (χ1) is 9.25. The molecule has 0 spiro atoms. The number of hydrogen-bond donors (Lipinski definition) is 2. The zero-order valence-corrected chi connectivity index (χ0v) is 13.6. The molecule has 0 saturated carbocycles. The van der Waals surface area contributed by atoms with E-state index in [0.717, 1.165) is 18.7 Å². The van der Waals surface area contributed by atoms with Gasteiger partial charge in [0.2, 0.25) is 5.88 Å². The van der Waals surface area contributed by atoms with Crippen molar-refractivity contribution in [2.75, 3.05) is 17.7 Å². The van der Waals surface area contributed by atoms with Crippen molar-refractivity contribution in [2.45, 2.75) is 65.8 Å². The Kier molecular flexibility index (Phi) is 5.60. The molecule has 0 aliphatic carbocycles. The van der Waals surface area contributed by atoms with E-state index in [-0.39, 0.29) is 11.5 Å². The van der Waals surface area contributed by atoms with Gasteiger partial charge in [0.15, 0.2) is 5.82 Å². The number of ether oxygens (including phenoxy) is 1. The van der Waals surface area contributed by atoms with E-state index >= 15 is 0 Å². The molecule has 1 aromatic heterocycles. The number of aromatic nitrogens is 2. The summed E-state index contributed by atoms with van der Waals surface area (Å²) in [6, 6.07) is 0.253. The number of nitrogens with one attached hydrogen (secondary N) is 1. The summed E-state index contributed by atoms with van der Waals surface area (Å²) < 4.78 is 5.72. The fourth-order valence-electron chi connectivity index (χ4n) is 1.59. The minimum atomic E-state index is -0.149. The van der Waals surface area contributed by atoms with E-state index in [9.17, 15) is 0 Å². The van der Waals surface area contributed by atoms with Crippen LogP contribution < -0.4 is 15.8 Å². The maximum absolute atomic E-state index is 6.11. The molecule has 0 fully saturated rings. The molecule has 114 valence electrons. The first kappa shape index (κ1) is 16.5. The lowest BCUT2D eigenvalue weighted by Gasteiger charge is -2.21. The molecular formula is C15H28N4O. The highest BCUT2D eigenvalue weighted by molar-refractivity contribution is 5.67. The van der Waals surface area contributed by atoms with Crippen LogP contribution in [0.3, 0.4) is 0 Å². The lowest BCUT2D eigenvalue weighted by atomic mass is 9.96. The molecular weight excluding hydrogens is 252 g/mol. The van der Waals surface area contributed by atoms with Crippen molar-refractivity contribution in [3.63, 3.8) is 0 Å². The summed E-state index contributed by atoms with van der Waals surface area (Å²) in [4.78, 5) is 9.03. The van der Waals surface area contributed by atoms with Gasteiger partial charge in [0, 0.05) is 11.5 Å². The van der Waals surface area contributed by atoms with Crippen molar-refractivity contribution < 1.29 is 4.74 Å². The van der Waals surface area contributed by atoms with Crippen molar-refractivity contribution in [2.24, 2.45) is 0 Å². The van der Waals surface area contributed by atoms with Crippen LogP contribution in [0.4, 0.5) is 11.5 Å². The van der Waals surface area contributed by atoms with Gasteiger partial charge in [0.05, 0.1) is 6.61 Å². The molecule has 20 heavy (non-hydrogen) atoms. The lowest BCUT2D eigenvalue weighted by molar-refractivity contribution is 0.296. The van der Waals surface area contributed by atoms with Crippen LogP contribution in [-0.4, -0.2) is 22.6 Å². The second kappa shape index (κ2) is 6.77. The summed E-state index contributed by atoms with van der Waals surface area (Å²) >= 11 is 0. The Morgan fingerprint density at radius 1 is 1.25 bits per heavy atom. The van der Waals surface area contributed by atoms with Gasteiger partial charge in [0.1, 0.15) is 11.5 Å². The van der Waals surface area contributed by atoms with E-state index in [0.29, 0.717) is 24.0 Å². The predicted octanol–water partition coefficient (Wildman–Crippen LogP) is 3.36. The third-order valence-electron chi connectivity index (χ3n) is 2.74. The summed E-state index contributed by atoms with van der Waals surface area (Å²) in [5, 5.41) is 3.26. The topological polar surface area (TPSA) is 73.1 Å². The van der Waals surface area contributed by atoms with Gasteiger partial charge in [0.25, 0.3) is 0 Å². The first-order valence-corrected chi connectivity index (χ1v) is 7.33. The Hall–Kier alpha value is -1.52. The first-order valence-electron chi connectivity index (χ1n) is 7.33. The third-order valence-corrected chi connectivity index (χ3v) is 2.74. The number of unbranched alkanes of at least 4 members (excludes halogenated alkanes) is 1. The van der Waals surface area contributed by atoms with E-state index in [1.165, 1.54) is 0 Å². The predicted molar refractivity (Wildman–Crippen MR) is 84.3 cm³/mol. The molecule has 1 rings (SSSR count). The Bertz CT molecular complexity index is 438. The molecule has 0 radical (unpaired) electrons. The summed E-state index contributed by atoms with van der Waals surface area (Å²) in [6.07, 6.45) is 2.06. The molecule has 0 bridgehead atoms. The maximum Gasteiger partial charge on any atom is 0.242 e. The Morgan fingerprint density at radius 2 is 1.90 bits per heavy atom. The van der Waals surface area contributed by atoms with Crippen LogP contribution in [0, 0.1) is 0 Å². The number of anilines is 2. The molecule has 0 aromatic carbocycles. The SMILES string of the molecule is CCCCOc1nc(C(C)(C)C)nc(NC(C)C)c1N. The fourth-order valence-corrected chi connectivity index (χ4v) is 1.59. The van der Waals surface area contributed by atoms with E-state index in [4.69, 9.17) is 10.5 Å². The second-order valence-electron chi connectivity index (χ2n) is 6.37. The van der Waals surface area contributed by atoms with E-state index < -0.39 is 0 Å². The van der Waals surface area contributed by atoms with Crippen molar-refractivity contribution in [3.05, 3.63) is 5.82 Å². The monoisotopic (exact) mass is 280 g/mol. The van der Waals surface area contributed by atoms with Gasteiger partial charge >= 0.3 is 0 Å². The van der Waals surface area contributed by atoms with Crippen LogP contribution >= 0.6 is 0 Å². The van der Waals surface area contributed by atoms with Gasteiger partial charge in [-0.3, -0.25) is 0 Å². The standard InChI is InChI=1S/C15H28N4O/c1-7-8-9-20-13-11(16)12(17-10(2)3)18-14(19-13)15(4,5)6/h10H,7-9,16H2,1-6H3,(H,17,18,19). The van der Waals surface area contributed by atoms with E-state index in [1.807, 2.05) is 0 Å². The largest absolute Gasteiger partial charge is 0.476 e. The van der Waals surface area contributed by atoms with Crippen LogP contribution in [-0.2, 0) is 5.41 Å².